The lowest BCUT2D eigenvalue weighted by Crippen LogP contribution is -2.28. The molecule has 0 radical (unpaired) electrons. The van der Waals surface area contributed by atoms with E-state index in [4.69, 9.17) is 0 Å². The predicted molar refractivity (Wildman–Crippen MR) is 56.8 cm³/mol. The van der Waals surface area contributed by atoms with Gasteiger partial charge in [-0.25, -0.2) is 0 Å². The van der Waals surface area contributed by atoms with Crippen molar-refractivity contribution in [2.45, 2.75) is 45.4 Å². The molecule has 2 aliphatic rings. The molecule has 0 aromatic carbocycles. The zero-order valence-electron chi connectivity index (χ0n) is 8.97. The minimum atomic E-state index is 1.01. The third-order valence-electron chi connectivity index (χ3n) is 3.85. The predicted octanol–water partition coefficient (Wildman–Crippen LogP) is 2.91. The van der Waals surface area contributed by atoms with Crippen molar-refractivity contribution >= 4 is 0 Å². The first kappa shape index (κ1) is 9.51. The highest BCUT2D eigenvalue weighted by Crippen LogP contribution is 2.29. The van der Waals surface area contributed by atoms with E-state index in [1.54, 1.807) is 0 Å². The smallest absolute Gasteiger partial charge is 0.000966 e. The molecule has 1 nitrogen and oxygen atoms in total. The molecule has 1 heterocycles. The first-order valence-electron chi connectivity index (χ1n) is 6.07. The van der Waals surface area contributed by atoms with Crippen LogP contribution >= 0.6 is 0 Å². The molecule has 0 atom stereocenters. The average molecular weight is 181 g/mol. The van der Waals surface area contributed by atoms with Crippen LogP contribution in [-0.2, 0) is 0 Å². The van der Waals surface area contributed by atoms with E-state index in [2.05, 4.69) is 11.8 Å². The molecule has 2 rings (SSSR count). The van der Waals surface area contributed by atoms with E-state index in [-0.39, 0.29) is 0 Å². The summed E-state index contributed by atoms with van der Waals surface area (Å²) >= 11 is 0. The summed E-state index contributed by atoms with van der Waals surface area (Å²) in [6.45, 7) is 6.58. The number of likely N-dealkylation sites (tertiary alicyclic amines) is 1. The second-order valence-corrected chi connectivity index (χ2v) is 5.13. The second-order valence-electron chi connectivity index (χ2n) is 5.13. The molecule has 13 heavy (non-hydrogen) atoms. The summed E-state index contributed by atoms with van der Waals surface area (Å²) in [4.78, 5) is 2.68. The van der Waals surface area contributed by atoms with Gasteiger partial charge in [-0.2, -0.15) is 0 Å². The average Bonchev–Trinajstić information content (AvgIpc) is 2.62. The van der Waals surface area contributed by atoms with Gasteiger partial charge in [-0.3, -0.25) is 0 Å². The van der Waals surface area contributed by atoms with E-state index < -0.39 is 0 Å². The molecule has 0 N–H and O–H groups in total. The largest absolute Gasteiger partial charge is 0.303 e. The van der Waals surface area contributed by atoms with Crippen LogP contribution in [0, 0.1) is 11.8 Å². The molecule has 0 aromatic rings. The Morgan fingerprint density at radius 2 is 1.62 bits per heavy atom. The van der Waals surface area contributed by atoms with Gasteiger partial charge in [-0.15, -0.1) is 0 Å². The van der Waals surface area contributed by atoms with Crippen LogP contribution in [0.1, 0.15) is 45.4 Å². The number of rotatable bonds is 2. The van der Waals surface area contributed by atoms with Crippen LogP contribution in [0.25, 0.3) is 0 Å². The zero-order chi connectivity index (χ0) is 9.10. The topological polar surface area (TPSA) is 3.24 Å². The zero-order valence-corrected chi connectivity index (χ0v) is 8.97. The van der Waals surface area contributed by atoms with Crippen molar-refractivity contribution in [2.75, 3.05) is 19.6 Å². The normalized spacial score (nSPS) is 36.7. The Labute approximate surface area is 82.5 Å². The molecule has 0 spiro atoms. The van der Waals surface area contributed by atoms with Gasteiger partial charge in [0.05, 0.1) is 0 Å². The summed E-state index contributed by atoms with van der Waals surface area (Å²) in [6.07, 6.45) is 8.86. The molecule has 1 saturated heterocycles. The van der Waals surface area contributed by atoms with Gasteiger partial charge in [0.2, 0.25) is 0 Å². The lowest BCUT2D eigenvalue weighted by molar-refractivity contribution is 0.210. The van der Waals surface area contributed by atoms with Crippen molar-refractivity contribution in [1.29, 1.82) is 0 Å². The summed E-state index contributed by atoms with van der Waals surface area (Å²) in [5.74, 6) is 2.05. The molecule has 2 fully saturated rings. The quantitative estimate of drug-likeness (QED) is 0.633. The number of hydrogen-bond donors (Lipinski definition) is 0. The Kier molecular flexibility index (Phi) is 3.26. The Morgan fingerprint density at radius 1 is 1.00 bits per heavy atom. The summed E-state index contributed by atoms with van der Waals surface area (Å²) < 4.78 is 0. The number of hydrogen-bond acceptors (Lipinski definition) is 1. The van der Waals surface area contributed by atoms with Crippen molar-refractivity contribution < 1.29 is 0 Å². The maximum absolute atomic E-state index is 2.68. The molecule has 1 heteroatoms. The third-order valence-corrected chi connectivity index (χ3v) is 3.85. The molecular weight excluding hydrogens is 158 g/mol. The van der Waals surface area contributed by atoms with E-state index in [0.717, 1.165) is 11.8 Å². The molecule has 0 amide bonds. The van der Waals surface area contributed by atoms with Crippen molar-refractivity contribution in [3.8, 4) is 0 Å². The van der Waals surface area contributed by atoms with Gasteiger partial charge in [0.15, 0.2) is 0 Å². The molecule has 1 saturated carbocycles. The molecule has 0 bridgehead atoms. The van der Waals surface area contributed by atoms with E-state index >= 15 is 0 Å². The standard InChI is InChI=1S/C12H23N/c1-11-4-6-12(7-5-11)10-13-8-2-3-9-13/h11-12H,2-10H2,1H3. The van der Waals surface area contributed by atoms with Crippen molar-refractivity contribution in [3.63, 3.8) is 0 Å². The van der Waals surface area contributed by atoms with E-state index in [1.807, 2.05) is 0 Å². The highest BCUT2D eigenvalue weighted by molar-refractivity contribution is 4.75. The van der Waals surface area contributed by atoms with Gasteiger partial charge in [0.25, 0.3) is 0 Å². The fourth-order valence-electron chi connectivity index (χ4n) is 2.84. The summed E-state index contributed by atoms with van der Waals surface area (Å²) in [5.41, 5.74) is 0. The van der Waals surface area contributed by atoms with E-state index in [0.29, 0.717) is 0 Å². The lowest BCUT2D eigenvalue weighted by atomic mass is 9.83. The lowest BCUT2D eigenvalue weighted by Gasteiger charge is -2.29. The Hall–Kier alpha value is -0.0400. The molecule has 1 aliphatic carbocycles. The van der Waals surface area contributed by atoms with Crippen LogP contribution in [0.2, 0.25) is 0 Å². The van der Waals surface area contributed by atoms with Crippen molar-refractivity contribution in [3.05, 3.63) is 0 Å². The SMILES string of the molecule is CC1CCC(CN2CCCC2)CC1. The van der Waals surface area contributed by atoms with Gasteiger partial charge < -0.3 is 4.90 Å². The number of nitrogens with zero attached hydrogens (tertiary/aromatic N) is 1. The summed E-state index contributed by atoms with van der Waals surface area (Å²) in [7, 11) is 0. The monoisotopic (exact) mass is 181 g/mol. The van der Waals surface area contributed by atoms with Crippen molar-refractivity contribution in [2.24, 2.45) is 11.8 Å². The van der Waals surface area contributed by atoms with Gasteiger partial charge >= 0.3 is 0 Å². The van der Waals surface area contributed by atoms with Gasteiger partial charge in [0.1, 0.15) is 0 Å². The van der Waals surface area contributed by atoms with E-state index in [1.165, 1.54) is 58.2 Å². The second kappa shape index (κ2) is 4.45. The summed E-state index contributed by atoms with van der Waals surface area (Å²) in [6, 6.07) is 0. The maximum atomic E-state index is 2.68. The van der Waals surface area contributed by atoms with Crippen LogP contribution in [0.15, 0.2) is 0 Å². The highest BCUT2D eigenvalue weighted by Gasteiger charge is 2.21. The molecule has 0 unspecified atom stereocenters. The minimum Gasteiger partial charge on any atom is -0.303 e. The van der Waals surface area contributed by atoms with Crippen LogP contribution in [-0.4, -0.2) is 24.5 Å². The highest BCUT2D eigenvalue weighted by atomic mass is 15.1. The molecular formula is C12H23N. The van der Waals surface area contributed by atoms with Crippen LogP contribution in [0.5, 0.6) is 0 Å². The minimum absolute atomic E-state index is 1.01. The Morgan fingerprint density at radius 3 is 2.23 bits per heavy atom. The summed E-state index contributed by atoms with van der Waals surface area (Å²) in [5, 5.41) is 0. The van der Waals surface area contributed by atoms with Crippen LogP contribution in [0.4, 0.5) is 0 Å². The maximum Gasteiger partial charge on any atom is 0.000966 e. The molecule has 1 aliphatic heterocycles. The van der Waals surface area contributed by atoms with Crippen LogP contribution in [0.3, 0.4) is 0 Å². The first-order chi connectivity index (χ1) is 6.34. The van der Waals surface area contributed by atoms with Crippen molar-refractivity contribution in [1.82, 2.24) is 4.90 Å². The molecule has 76 valence electrons. The Bertz CT molecular complexity index is 141. The van der Waals surface area contributed by atoms with Gasteiger partial charge in [0, 0.05) is 6.54 Å². The Balaban J connectivity index is 1.69. The van der Waals surface area contributed by atoms with E-state index in [9.17, 15) is 0 Å². The first-order valence-corrected chi connectivity index (χ1v) is 6.07. The van der Waals surface area contributed by atoms with Gasteiger partial charge in [-0.1, -0.05) is 19.8 Å². The molecule has 0 aromatic heterocycles. The third kappa shape index (κ3) is 2.70. The fourth-order valence-corrected chi connectivity index (χ4v) is 2.84. The fraction of sp³-hybridized carbons (Fsp3) is 1.00. The van der Waals surface area contributed by atoms with Gasteiger partial charge in [-0.05, 0) is 50.6 Å². The van der Waals surface area contributed by atoms with Crippen LogP contribution < -0.4 is 0 Å².